The average molecular weight is 413 g/mol. The number of nitrogens with zero attached hydrogens (tertiary/aromatic N) is 2. The molecule has 4 rings (SSSR count). The van der Waals surface area contributed by atoms with Gasteiger partial charge < -0.3 is 19.7 Å². The van der Waals surface area contributed by atoms with Crippen molar-refractivity contribution >= 4 is 11.8 Å². The molecule has 0 aliphatic carbocycles. The van der Waals surface area contributed by atoms with Gasteiger partial charge in [0.25, 0.3) is 0 Å². The number of piperazine rings is 1. The predicted molar refractivity (Wildman–Crippen MR) is 108 cm³/mol. The second-order valence-corrected chi connectivity index (χ2v) is 7.43. The monoisotopic (exact) mass is 413 g/mol. The van der Waals surface area contributed by atoms with Gasteiger partial charge in [-0.05, 0) is 35.4 Å². The topological polar surface area (TPSA) is 71.1 Å². The minimum atomic E-state index is -0.380. The van der Waals surface area contributed by atoms with Crippen LogP contribution in [-0.4, -0.2) is 61.1 Å². The number of fused-ring (bicyclic) bond motifs is 1. The summed E-state index contributed by atoms with van der Waals surface area (Å²) in [5, 5.41) is 2.63. The molecule has 2 aliphatic heterocycles. The Morgan fingerprint density at radius 2 is 1.77 bits per heavy atom. The first-order valence-corrected chi connectivity index (χ1v) is 9.96. The normalized spacial score (nSPS) is 15.8. The highest BCUT2D eigenvalue weighted by Gasteiger charge is 2.22. The van der Waals surface area contributed by atoms with Gasteiger partial charge in [-0.15, -0.1) is 0 Å². The molecule has 7 nitrogen and oxygen atoms in total. The molecule has 0 radical (unpaired) electrons. The van der Waals surface area contributed by atoms with Crippen molar-refractivity contribution in [2.45, 2.75) is 13.0 Å². The van der Waals surface area contributed by atoms with Crippen LogP contribution in [0, 0.1) is 5.82 Å². The Balaban J connectivity index is 1.19. The van der Waals surface area contributed by atoms with E-state index >= 15 is 0 Å². The Hall–Kier alpha value is -3.13. The highest BCUT2D eigenvalue weighted by atomic mass is 19.1. The summed E-state index contributed by atoms with van der Waals surface area (Å²) >= 11 is 0. The van der Waals surface area contributed by atoms with Crippen molar-refractivity contribution in [1.29, 1.82) is 0 Å². The van der Waals surface area contributed by atoms with Crippen LogP contribution in [0.4, 0.5) is 4.39 Å². The lowest BCUT2D eigenvalue weighted by Crippen LogP contribution is -2.50. The Kier molecular flexibility index (Phi) is 6.13. The molecule has 0 unspecified atom stereocenters. The number of amides is 2. The molecule has 1 N–H and O–H groups in total. The minimum absolute atomic E-state index is 0.0453. The third-order valence-electron chi connectivity index (χ3n) is 5.26. The lowest BCUT2D eigenvalue weighted by atomic mass is 10.1. The van der Waals surface area contributed by atoms with Crippen LogP contribution in [0.2, 0.25) is 0 Å². The van der Waals surface area contributed by atoms with Crippen molar-refractivity contribution in [3.05, 3.63) is 59.4 Å². The highest BCUT2D eigenvalue weighted by Crippen LogP contribution is 2.32. The van der Waals surface area contributed by atoms with Gasteiger partial charge in [-0.3, -0.25) is 14.5 Å². The van der Waals surface area contributed by atoms with Gasteiger partial charge in [-0.2, -0.15) is 0 Å². The zero-order chi connectivity index (χ0) is 20.9. The molecule has 2 heterocycles. The summed E-state index contributed by atoms with van der Waals surface area (Å²) < 4.78 is 23.9. The van der Waals surface area contributed by atoms with Gasteiger partial charge in [-0.1, -0.05) is 18.2 Å². The molecule has 2 aromatic rings. The maximum atomic E-state index is 13.2. The van der Waals surface area contributed by atoms with Crippen molar-refractivity contribution in [2.24, 2.45) is 0 Å². The van der Waals surface area contributed by atoms with Gasteiger partial charge in [0.15, 0.2) is 11.5 Å². The fourth-order valence-electron chi connectivity index (χ4n) is 3.63. The first-order chi connectivity index (χ1) is 14.6. The van der Waals surface area contributed by atoms with Crippen LogP contribution in [0.3, 0.4) is 0 Å². The van der Waals surface area contributed by atoms with Gasteiger partial charge in [-0.25, -0.2) is 4.39 Å². The molecule has 8 heteroatoms. The average Bonchev–Trinajstić information content (AvgIpc) is 3.20. The van der Waals surface area contributed by atoms with E-state index in [1.54, 1.807) is 17.0 Å². The van der Waals surface area contributed by atoms with Gasteiger partial charge in [0.05, 0.1) is 13.0 Å². The molecule has 1 fully saturated rings. The largest absolute Gasteiger partial charge is 0.454 e. The first-order valence-electron chi connectivity index (χ1n) is 9.96. The molecule has 0 saturated carbocycles. The summed E-state index contributed by atoms with van der Waals surface area (Å²) in [5.41, 5.74) is 1.72. The third kappa shape index (κ3) is 5.07. The Bertz CT molecular complexity index is 928. The van der Waals surface area contributed by atoms with Crippen LogP contribution in [-0.2, 0) is 22.6 Å². The van der Waals surface area contributed by atoms with Gasteiger partial charge in [0, 0.05) is 32.7 Å². The smallest absolute Gasteiger partial charge is 0.242 e. The number of halogens is 1. The number of benzene rings is 2. The molecule has 2 aliphatic rings. The zero-order valence-corrected chi connectivity index (χ0v) is 16.6. The minimum Gasteiger partial charge on any atom is -0.454 e. The molecular weight excluding hydrogens is 389 g/mol. The second-order valence-electron chi connectivity index (χ2n) is 7.43. The van der Waals surface area contributed by atoms with Gasteiger partial charge in [0.2, 0.25) is 18.6 Å². The van der Waals surface area contributed by atoms with Crippen LogP contribution in [0.15, 0.2) is 42.5 Å². The number of ether oxygens (including phenoxy) is 2. The summed E-state index contributed by atoms with van der Waals surface area (Å²) in [6, 6.07) is 11.8. The fourth-order valence-corrected chi connectivity index (χ4v) is 3.63. The summed E-state index contributed by atoms with van der Waals surface area (Å²) in [6.45, 7) is 3.75. The van der Waals surface area contributed by atoms with Crippen molar-refractivity contribution < 1.29 is 23.5 Å². The van der Waals surface area contributed by atoms with Crippen molar-refractivity contribution in [3.8, 4) is 11.5 Å². The van der Waals surface area contributed by atoms with Gasteiger partial charge in [0.1, 0.15) is 5.82 Å². The van der Waals surface area contributed by atoms with Crippen molar-refractivity contribution in [3.63, 3.8) is 0 Å². The second kappa shape index (κ2) is 9.13. The maximum absolute atomic E-state index is 13.2. The molecule has 158 valence electrons. The van der Waals surface area contributed by atoms with Crippen molar-refractivity contribution in [1.82, 2.24) is 15.1 Å². The van der Waals surface area contributed by atoms with E-state index < -0.39 is 0 Å². The van der Waals surface area contributed by atoms with E-state index in [0.29, 0.717) is 18.7 Å². The quantitative estimate of drug-likeness (QED) is 0.778. The summed E-state index contributed by atoms with van der Waals surface area (Å²) in [7, 11) is 0. The number of carbonyl (C=O) groups is 2. The van der Waals surface area contributed by atoms with E-state index in [4.69, 9.17) is 9.47 Å². The molecule has 0 aromatic heterocycles. The van der Waals surface area contributed by atoms with Crippen LogP contribution in [0.5, 0.6) is 11.5 Å². The SMILES string of the molecule is O=C(Cc1cccc(F)c1)NCC(=O)N1CCN(Cc2ccc3c(c2)OCO3)CC1. The number of hydrogen-bond acceptors (Lipinski definition) is 5. The molecule has 30 heavy (non-hydrogen) atoms. The van der Waals surface area contributed by atoms with E-state index in [0.717, 1.165) is 36.7 Å². The number of rotatable bonds is 6. The lowest BCUT2D eigenvalue weighted by molar-refractivity contribution is -0.134. The van der Waals surface area contributed by atoms with Crippen LogP contribution in [0.25, 0.3) is 0 Å². The third-order valence-corrected chi connectivity index (χ3v) is 5.26. The molecule has 0 bridgehead atoms. The molecular formula is C22H24FN3O4. The molecule has 2 aromatic carbocycles. The zero-order valence-electron chi connectivity index (χ0n) is 16.6. The standard InChI is InChI=1S/C22H24FN3O4/c23-18-3-1-2-16(10-18)12-21(27)24-13-22(28)26-8-6-25(7-9-26)14-17-4-5-19-20(11-17)30-15-29-19/h1-5,10-11H,6-9,12-15H2,(H,24,27). The first kappa shape index (κ1) is 20.2. The van der Waals surface area contributed by atoms with Crippen molar-refractivity contribution in [2.75, 3.05) is 39.5 Å². The van der Waals surface area contributed by atoms with Gasteiger partial charge >= 0.3 is 0 Å². The van der Waals surface area contributed by atoms with E-state index in [2.05, 4.69) is 10.2 Å². The molecule has 1 saturated heterocycles. The van der Waals surface area contributed by atoms with Crippen LogP contribution < -0.4 is 14.8 Å². The fraction of sp³-hybridized carbons (Fsp3) is 0.364. The lowest BCUT2D eigenvalue weighted by Gasteiger charge is -2.34. The Labute approximate surface area is 174 Å². The number of carbonyl (C=O) groups excluding carboxylic acids is 2. The van der Waals surface area contributed by atoms with E-state index in [9.17, 15) is 14.0 Å². The predicted octanol–water partition coefficient (Wildman–Crippen LogP) is 1.56. The molecule has 0 spiro atoms. The Morgan fingerprint density at radius 1 is 0.967 bits per heavy atom. The number of hydrogen-bond donors (Lipinski definition) is 1. The summed E-state index contributed by atoms with van der Waals surface area (Å²) in [5.74, 6) is 0.764. The van der Waals surface area contributed by atoms with Crippen LogP contribution >= 0.6 is 0 Å². The number of nitrogens with one attached hydrogen (secondary N) is 1. The van der Waals surface area contributed by atoms with Crippen LogP contribution in [0.1, 0.15) is 11.1 Å². The van der Waals surface area contributed by atoms with E-state index in [-0.39, 0.29) is 37.4 Å². The highest BCUT2D eigenvalue weighted by molar-refractivity contribution is 5.85. The molecule has 2 amide bonds. The molecule has 0 atom stereocenters. The van der Waals surface area contributed by atoms with E-state index in [1.807, 2.05) is 18.2 Å². The van der Waals surface area contributed by atoms with E-state index in [1.165, 1.54) is 12.1 Å². The summed E-state index contributed by atoms with van der Waals surface area (Å²) in [6.07, 6.45) is 0.0500. The Morgan fingerprint density at radius 3 is 2.57 bits per heavy atom. The summed E-state index contributed by atoms with van der Waals surface area (Å²) in [4.78, 5) is 28.5. The maximum Gasteiger partial charge on any atom is 0.242 e.